The van der Waals surface area contributed by atoms with Crippen LogP contribution >= 0.6 is 0 Å². The summed E-state index contributed by atoms with van der Waals surface area (Å²) in [7, 11) is 1.64. The zero-order valence-electron chi connectivity index (χ0n) is 20.4. The molecular weight excluding hydrogens is 436 g/mol. The van der Waals surface area contributed by atoms with E-state index in [4.69, 9.17) is 15.1 Å². The van der Waals surface area contributed by atoms with Gasteiger partial charge in [0.15, 0.2) is 5.82 Å². The van der Waals surface area contributed by atoms with E-state index in [1.54, 1.807) is 7.11 Å². The molecule has 6 rings (SSSR count). The first-order chi connectivity index (χ1) is 17.0. The first-order valence-electron chi connectivity index (χ1n) is 12.0. The van der Waals surface area contributed by atoms with Crippen LogP contribution in [0, 0.1) is 24.2 Å². The zero-order chi connectivity index (χ0) is 24.3. The molecule has 0 saturated heterocycles. The van der Waals surface area contributed by atoms with Gasteiger partial charge in [-0.15, -0.1) is 10.2 Å². The number of aryl methyl sites for hydroxylation is 1. The maximum absolute atomic E-state index is 8.70. The quantitative estimate of drug-likeness (QED) is 0.539. The fourth-order valence-electron chi connectivity index (χ4n) is 5.26. The molecule has 0 bridgehead atoms. The molecule has 3 aliphatic rings. The van der Waals surface area contributed by atoms with Gasteiger partial charge in [0.2, 0.25) is 5.88 Å². The highest BCUT2D eigenvalue weighted by atomic mass is 16.5. The number of hydrogen-bond donors (Lipinski definition) is 1. The number of allylic oxidation sites excluding steroid dienone is 2. The Hall–Kier alpha value is -4.00. The van der Waals surface area contributed by atoms with E-state index in [1.165, 1.54) is 12.0 Å². The number of ether oxygens (including phenoxy) is 1. The van der Waals surface area contributed by atoms with E-state index in [0.717, 1.165) is 22.4 Å². The number of hydrogen-bond acceptors (Lipinski definition) is 6. The highest BCUT2D eigenvalue weighted by Gasteiger charge is 2.38. The lowest BCUT2D eigenvalue weighted by Gasteiger charge is -2.24. The molecule has 0 amide bonds. The van der Waals surface area contributed by atoms with Crippen molar-refractivity contribution in [3.63, 3.8) is 0 Å². The Morgan fingerprint density at radius 1 is 1.06 bits per heavy atom. The predicted molar refractivity (Wildman–Crippen MR) is 138 cm³/mol. The second-order valence-electron chi connectivity index (χ2n) is 9.57. The molecule has 4 heterocycles. The molecule has 2 unspecified atom stereocenters. The third kappa shape index (κ3) is 3.50. The number of fused-ring (bicyclic) bond motifs is 2. The zero-order valence-corrected chi connectivity index (χ0v) is 20.4. The average molecular weight is 465 g/mol. The van der Waals surface area contributed by atoms with Crippen LogP contribution in [-0.4, -0.2) is 28.1 Å². The van der Waals surface area contributed by atoms with Gasteiger partial charge in [0.1, 0.15) is 17.2 Å². The van der Waals surface area contributed by atoms with E-state index in [9.17, 15) is 0 Å². The van der Waals surface area contributed by atoms with Crippen LogP contribution < -0.4 is 14.5 Å². The minimum Gasteiger partial charge on any atom is -0.479 e. The van der Waals surface area contributed by atoms with Crippen LogP contribution in [0.2, 0.25) is 0 Å². The van der Waals surface area contributed by atoms with Gasteiger partial charge in [0.25, 0.3) is 0 Å². The van der Waals surface area contributed by atoms with Crippen molar-refractivity contribution >= 4 is 17.3 Å². The molecule has 1 aliphatic carbocycles. The topological polar surface area (TPSA) is 78.2 Å². The van der Waals surface area contributed by atoms with Crippen LogP contribution in [0.15, 0.2) is 66.5 Å². The van der Waals surface area contributed by atoms with Gasteiger partial charge in [0, 0.05) is 18.0 Å². The Morgan fingerprint density at radius 2 is 1.89 bits per heavy atom. The normalized spacial score (nSPS) is 22.5. The van der Waals surface area contributed by atoms with Gasteiger partial charge in [-0.05, 0) is 68.4 Å². The molecule has 1 N–H and O–H groups in total. The van der Waals surface area contributed by atoms with Crippen molar-refractivity contribution < 1.29 is 4.74 Å². The first kappa shape index (κ1) is 21.5. The van der Waals surface area contributed by atoms with Crippen LogP contribution in [0.3, 0.4) is 0 Å². The van der Waals surface area contributed by atoms with Crippen molar-refractivity contribution in [1.29, 1.82) is 5.41 Å². The van der Waals surface area contributed by atoms with Gasteiger partial charge >= 0.3 is 0 Å². The minimum absolute atomic E-state index is 0.0271. The lowest BCUT2D eigenvalue weighted by Crippen LogP contribution is -2.28. The SMILES string of the molecule is COc1nc(-c2cc(C)c(N3C(=N)c4ccccc4[C@@H]3C)nn2)ccc1N1C=CC2CC2C(C)=C1. The van der Waals surface area contributed by atoms with E-state index < -0.39 is 0 Å². The number of amidine groups is 1. The average Bonchev–Trinajstić information content (AvgIpc) is 3.63. The van der Waals surface area contributed by atoms with Crippen LogP contribution in [0.25, 0.3) is 11.4 Å². The number of nitrogens with one attached hydrogen (secondary N) is 1. The summed E-state index contributed by atoms with van der Waals surface area (Å²) in [4.78, 5) is 8.80. The third-order valence-electron chi connectivity index (χ3n) is 7.32. The van der Waals surface area contributed by atoms with Gasteiger partial charge in [-0.2, -0.15) is 0 Å². The monoisotopic (exact) mass is 464 g/mol. The van der Waals surface area contributed by atoms with Crippen LogP contribution in [-0.2, 0) is 0 Å². The highest BCUT2D eigenvalue weighted by molar-refractivity contribution is 6.12. The highest BCUT2D eigenvalue weighted by Crippen LogP contribution is 2.47. The summed E-state index contributed by atoms with van der Waals surface area (Å²) in [5.74, 6) is 3.01. The number of methoxy groups -OCH3 is 1. The Kier molecular flexibility index (Phi) is 4.95. The lowest BCUT2D eigenvalue weighted by molar-refractivity contribution is 0.399. The molecule has 2 aromatic heterocycles. The largest absolute Gasteiger partial charge is 0.479 e. The third-order valence-corrected chi connectivity index (χ3v) is 7.32. The van der Waals surface area contributed by atoms with E-state index in [0.29, 0.717) is 40.8 Å². The Labute approximate surface area is 205 Å². The van der Waals surface area contributed by atoms with E-state index in [1.807, 2.05) is 48.2 Å². The first-order valence-corrected chi connectivity index (χ1v) is 12.0. The summed E-state index contributed by atoms with van der Waals surface area (Å²) >= 11 is 0. The van der Waals surface area contributed by atoms with Gasteiger partial charge < -0.3 is 14.5 Å². The maximum Gasteiger partial charge on any atom is 0.238 e. The Bertz CT molecular complexity index is 1410. The van der Waals surface area contributed by atoms with Crippen molar-refractivity contribution in [2.24, 2.45) is 11.8 Å². The van der Waals surface area contributed by atoms with E-state index in [-0.39, 0.29) is 6.04 Å². The van der Waals surface area contributed by atoms with Crippen LogP contribution in [0.4, 0.5) is 11.5 Å². The summed E-state index contributed by atoms with van der Waals surface area (Å²) in [5, 5.41) is 17.8. The minimum atomic E-state index is 0.0271. The molecule has 7 heteroatoms. The molecule has 7 nitrogen and oxygen atoms in total. The van der Waals surface area contributed by atoms with E-state index in [2.05, 4.69) is 53.5 Å². The fourth-order valence-corrected chi connectivity index (χ4v) is 5.26. The fraction of sp³-hybridized carbons (Fsp3) is 0.286. The molecule has 0 radical (unpaired) electrons. The number of benzene rings is 1. The van der Waals surface area contributed by atoms with Gasteiger partial charge in [-0.25, -0.2) is 4.98 Å². The molecule has 2 aliphatic heterocycles. The van der Waals surface area contributed by atoms with Gasteiger partial charge in [-0.3, -0.25) is 5.41 Å². The molecule has 1 aromatic carbocycles. The molecule has 3 atom stereocenters. The molecule has 3 aromatic rings. The van der Waals surface area contributed by atoms with Crippen molar-refractivity contribution in [2.45, 2.75) is 33.2 Å². The molecule has 1 saturated carbocycles. The van der Waals surface area contributed by atoms with E-state index >= 15 is 0 Å². The van der Waals surface area contributed by atoms with Gasteiger partial charge in [-0.1, -0.05) is 35.9 Å². The Balaban J connectivity index is 1.31. The second kappa shape index (κ2) is 8.05. The molecule has 1 fully saturated rings. The van der Waals surface area contributed by atoms with Crippen molar-refractivity contribution in [3.05, 3.63) is 83.2 Å². The molecular formula is C28H28N6O. The molecule has 0 spiro atoms. The second-order valence-corrected chi connectivity index (χ2v) is 9.57. The van der Waals surface area contributed by atoms with Crippen LogP contribution in [0.5, 0.6) is 5.88 Å². The maximum atomic E-state index is 8.70. The molecule has 35 heavy (non-hydrogen) atoms. The summed E-state index contributed by atoms with van der Waals surface area (Å²) in [5.41, 5.74) is 6.66. The summed E-state index contributed by atoms with van der Waals surface area (Å²) in [6.07, 6.45) is 7.81. The molecule has 176 valence electrons. The van der Waals surface area contributed by atoms with Crippen molar-refractivity contribution in [2.75, 3.05) is 16.9 Å². The lowest BCUT2D eigenvalue weighted by atomic mass is 10.1. The summed E-state index contributed by atoms with van der Waals surface area (Å²) in [6.45, 7) is 6.29. The number of pyridine rings is 1. The predicted octanol–water partition coefficient (Wildman–Crippen LogP) is 5.64. The summed E-state index contributed by atoms with van der Waals surface area (Å²) in [6, 6.07) is 14.0. The smallest absolute Gasteiger partial charge is 0.238 e. The van der Waals surface area contributed by atoms with Crippen LogP contribution in [0.1, 0.15) is 43.0 Å². The van der Waals surface area contributed by atoms with Crippen molar-refractivity contribution in [1.82, 2.24) is 15.2 Å². The Morgan fingerprint density at radius 3 is 2.66 bits per heavy atom. The van der Waals surface area contributed by atoms with Gasteiger partial charge in [0.05, 0.1) is 18.8 Å². The standard InChI is InChI=1S/C28H28N6O/c1-16-13-24(31-32-27(16)34-18(3)20-7-5-6-8-21(20)26(34)29)23-9-10-25(28(30-23)35-4)33-12-11-19-14-22(19)17(2)15-33/h5-13,15,18-19,22,29H,14H2,1-4H3/t18-,19?,22?/m0/s1. The number of anilines is 2. The number of aromatic nitrogens is 3. The number of rotatable bonds is 4. The summed E-state index contributed by atoms with van der Waals surface area (Å²) < 4.78 is 5.67. The van der Waals surface area contributed by atoms with Crippen molar-refractivity contribution in [3.8, 4) is 17.3 Å². The number of nitrogens with zero attached hydrogens (tertiary/aromatic N) is 5.